The molecule has 27 heavy (non-hydrogen) atoms. The van der Waals surface area contributed by atoms with E-state index < -0.39 is 11.9 Å². The molecule has 0 saturated carbocycles. The van der Waals surface area contributed by atoms with E-state index in [0.29, 0.717) is 11.1 Å². The van der Waals surface area contributed by atoms with Crippen molar-refractivity contribution in [2.24, 2.45) is 0 Å². The van der Waals surface area contributed by atoms with Crippen molar-refractivity contribution >= 4 is 18.4 Å². The van der Waals surface area contributed by atoms with Gasteiger partial charge in [0.25, 0.3) is 6.47 Å². The lowest BCUT2D eigenvalue weighted by molar-refractivity contribution is -0.120. The van der Waals surface area contributed by atoms with Crippen molar-refractivity contribution in [3.63, 3.8) is 0 Å². The van der Waals surface area contributed by atoms with Gasteiger partial charge in [-0.1, -0.05) is 36.4 Å². The van der Waals surface area contributed by atoms with E-state index in [4.69, 9.17) is 14.2 Å². The van der Waals surface area contributed by atoms with Gasteiger partial charge in [0.05, 0.1) is 11.1 Å². The Morgan fingerprint density at radius 3 is 1.70 bits per heavy atom. The predicted molar refractivity (Wildman–Crippen MR) is 95.9 cm³/mol. The third-order valence-corrected chi connectivity index (χ3v) is 3.52. The van der Waals surface area contributed by atoms with Crippen molar-refractivity contribution in [1.29, 1.82) is 0 Å². The maximum atomic E-state index is 12.3. The van der Waals surface area contributed by atoms with Gasteiger partial charge in [0.15, 0.2) is 11.5 Å². The van der Waals surface area contributed by atoms with Crippen molar-refractivity contribution < 1.29 is 28.6 Å². The Bertz CT molecular complexity index is 951. The summed E-state index contributed by atoms with van der Waals surface area (Å²) in [5.74, 6) is -1.15. The van der Waals surface area contributed by atoms with Crippen LogP contribution in [-0.2, 0) is 4.79 Å². The molecular formula is C21H14O6. The molecule has 0 atom stereocenters. The third-order valence-electron chi connectivity index (χ3n) is 3.52. The van der Waals surface area contributed by atoms with Gasteiger partial charge in [0.1, 0.15) is 5.75 Å². The van der Waals surface area contributed by atoms with E-state index in [1.807, 2.05) is 0 Å². The number of carbonyl (C=O) groups excluding carboxylic acids is 3. The average Bonchev–Trinajstić information content (AvgIpc) is 2.71. The summed E-state index contributed by atoms with van der Waals surface area (Å²) in [6.45, 7) is 0.244. The molecule has 0 bridgehead atoms. The molecule has 3 aromatic rings. The third kappa shape index (κ3) is 4.58. The van der Waals surface area contributed by atoms with Crippen molar-refractivity contribution in [1.82, 2.24) is 0 Å². The van der Waals surface area contributed by atoms with Gasteiger partial charge in [-0.2, -0.15) is 0 Å². The number of carbonyl (C=O) groups is 3. The molecule has 6 nitrogen and oxygen atoms in total. The maximum Gasteiger partial charge on any atom is 0.343 e. The zero-order valence-electron chi connectivity index (χ0n) is 14.0. The molecule has 0 unspecified atom stereocenters. The summed E-state index contributed by atoms with van der Waals surface area (Å²) in [5.41, 5.74) is 0.658. The Morgan fingerprint density at radius 2 is 1.19 bits per heavy atom. The fraction of sp³-hybridized carbons (Fsp3) is 0. The van der Waals surface area contributed by atoms with Gasteiger partial charge >= 0.3 is 11.9 Å². The Kier molecular flexibility index (Phi) is 5.59. The molecule has 134 valence electrons. The van der Waals surface area contributed by atoms with Crippen LogP contribution in [0.5, 0.6) is 17.2 Å². The molecule has 3 rings (SSSR count). The Morgan fingerprint density at radius 1 is 0.667 bits per heavy atom. The van der Waals surface area contributed by atoms with Crippen LogP contribution in [-0.4, -0.2) is 18.4 Å². The van der Waals surface area contributed by atoms with E-state index in [2.05, 4.69) is 0 Å². The summed E-state index contributed by atoms with van der Waals surface area (Å²) >= 11 is 0. The van der Waals surface area contributed by atoms with Crippen LogP contribution in [0.25, 0.3) is 0 Å². The molecule has 0 saturated heterocycles. The van der Waals surface area contributed by atoms with Crippen LogP contribution in [0.3, 0.4) is 0 Å². The van der Waals surface area contributed by atoms with Gasteiger partial charge in [-0.3, -0.25) is 4.79 Å². The van der Waals surface area contributed by atoms with Gasteiger partial charge < -0.3 is 14.2 Å². The molecule has 0 aromatic heterocycles. The molecule has 0 aliphatic carbocycles. The minimum atomic E-state index is -0.643. The molecule has 3 aromatic carbocycles. The van der Waals surface area contributed by atoms with Crippen molar-refractivity contribution in [3.05, 3.63) is 90.0 Å². The van der Waals surface area contributed by atoms with Crippen LogP contribution in [0.1, 0.15) is 20.7 Å². The van der Waals surface area contributed by atoms with Crippen LogP contribution < -0.4 is 14.2 Å². The largest absolute Gasteiger partial charge is 0.429 e. The van der Waals surface area contributed by atoms with Crippen LogP contribution in [0, 0.1) is 0 Å². The minimum Gasteiger partial charge on any atom is -0.429 e. The van der Waals surface area contributed by atoms with E-state index in [1.165, 1.54) is 18.2 Å². The monoisotopic (exact) mass is 362 g/mol. The molecule has 0 heterocycles. The number of hydrogen-bond acceptors (Lipinski definition) is 6. The highest BCUT2D eigenvalue weighted by atomic mass is 16.6. The molecule has 0 aliphatic rings. The number of ether oxygens (including phenoxy) is 3. The molecule has 0 radical (unpaired) electrons. The lowest BCUT2D eigenvalue weighted by atomic mass is 10.2. The summed E-state index contributed by atoms with van der Waals surface area (Å²) in [6, 6.07) is 20.8. The predicted octanol–water partition coefficient (Wildman–Crippen LogP) is 3.66. The number of hydrogen-bond donors (Lipinski definition) is 0. The van der Waals surface area contributed by atoms with E-state index >= 15 is 0 Å². The van der Waals surface area contributed by atoms with Gasteiger partial charge in [-0.25, -0.2) is 9.59 Å². The van der Waals surface area contributed by atoms with Crippen molar-refractivity contribution in [2.45, 2.75) is 0 Å². The lowest BCUT2D eigenvalue weighted by Gasteiger charge is -2.12. The zero-order valence-corrected chi connectivity index (χ0v) is 14.0. The first-order valence-electron chi connectivity index (χ1n) is 7.96. The molecule has 0 fully saturated rings. The number of rotatable bonds is 6. The summed E-state index contributed by atoms with van der Waals surface area (Å²) < 4.78 is 15.5. The van der Waals surface area contributed by atoms with Crippen LogP contribution >= 0.6 is 0 Å². The number of benzene rings is 3. The quantitative estimate of drug-likeness (QED) is 0.378. The Labute approximate surface area is 154 Å². The number of esters is 2. The lowest BCUT2D eigenvalue weighted by Crippen LogP contribution is -2.12. The maximum absolute atomic E-state index is 12.3. The second-order valence-electron chi connectivity index (χ2n) is 5.33. The minimum absolute atomic E-state index is 0.0198. The van der Waals surface area contributed by atoms with E-state index in [1.54, 1.807) is 60.7 Å². The van der Waals surface area contributed by atoms with E-state index in [-0.39, 0.29) is 23.7 Å². The van der Waals surface area contributed by atoms with Crippen molar-refractivity contribution in [3.8, 4) is 17.2 Å². The first-order valence-corrected chi connectivity index (χ1v) is 7.96. The molecule has 0 N–H and O–H groups in total. The Balaban J connectivity index is 1.87. The molecule has 6 heteroatoms. The first kappa shape index (κ1) is 17.9. The van der Waals surface area contributed by atoms with Gasteiger partial charge in [-0.05, 0) is 36.4 Å². The van der Waals surface area contributed by atoms with Gasteiger partial charge in [0, 0.05) is 6.07 Å². The topological polar surface area (TPSA) is 78.9 Å². The van der Waals surface area contributed by atoms with Crippen LogP contribution in [0.4, 0.5) is 0 Å². The average molecular weight is 362 g/mol. The standard InChI is InChI=1S/C21H14O6/c22-14-25-17-11-12-18(26-20(23)15-7-3-1-4-8-15)19(13-17)27-21(24)16-9-5-2-6-10-16/h1-14H. The molecule has 0 spiro atoms. The van der Waals surface area contributed by atoms with Crippen LogP contribution in [0.15, 0.2) is 78.9 Å². The van der Waals surface area contributed by atoms with Crippen molar-refractivity contribution in [2.75, 3.05) is 0 Å². The Hall–Kier alpha value is -3.93. The smallest absolute Gasteiger partial charge is 0.343 e. The van der Waals surface area contributed by atoms with Gasteiger partial charge in [0.2, 0.25) is 0 Å². The zero-order chi connectivity index (χ0) is 19.1. The normalized spacial score (nSPS) is 9.93. The van der Waals surface area contributed by atoms with Gasteiger partial charge in [-0.15, -0.1) is 0 Å². The highest BCUT2D eigenvalue weighted by Crippen LogP contribution is 2.32. The highest BCUT2D eigenvalue weighted by Gasteiger charge is 2.17. The van der Waals surface area contributed by atoms with E-state index in [0.717, 1.165) is 0 Å². The second-order valence-corrected chi connectivity index (χ2v) is 5.33. The summed E-state index contributed by atoms with van der Waals surface area (Å²) in [5, 5.41) is 0. The fourth-order valence-corrected chi connectivity index (χ4v) is 2.25. The fourth-order valence-electron chi connectivity index (χ4n) is 2.25. The van der Waals surface area contributed by atoms with Crippen LogP contribution in [0.2, 0.25) is 0 Å². The summed E-state index contributed by atoms with van der Waals surface area (Å²) in [4.78, 5) is 35.2. The first-order chi connectivity index (χ1) is 13.2. The highest BCUT2D eigenvalue weighted by molar-refractivity contribution is 5.93. The summed E-state index contributed by atoms with van der Waals surface area (Å²) in [7, 11) is 0. The van der Waals surface area contributed by atoms with E-state index in [9.17, 15) is 14.4 Å². The molecule has 0 aliphatic heterocycles. The SMILES string of the molecule is O=COc1ccc(OC(=O)c2ccccc2)c(OC(=O)c2ccccc2)c1. The molecule has 0 amide bonds. The molecular weight excluding hydrogens is 348 g/mol. The second kappa shape index (κ2) is 8.44. The summed E-state index contributed by atoms with van der Waals surface area (Å²) in [6.07, 6.45) is 0.